The van der Waals surface area contributed by atoms with Crippen LogP contribution in [0.5, 0.6) is 0 Å². The van der Waals surface area contributed by atoms with E-state index in [4.69, 9.17) is 4.74 Å². The molecule has 5 heteroatoms. The second-order valence-corrected chi connectivity index (χ2v) is 13.1. The summed E-state index contributed by atoms with van der Waals surface area (Å²) in [6.45, 7) is 12.8. The Hall–Kier alpha value is -1.62. The van der Waals surface area contributed by atoms with Crippen LogP contribution in [0.2, 0.25) is 0 Å². The highest BCUT2D eigenvalue weighted by Gasteiger charge is 2.59. The van der Waals surface area contributed by atoms with Gasteiger partial charge in [-0.25, -0.2) is 0 Å². The Morgan fingerprint density at radius 2 is 1.89 bits per heavy atom. The molecular weight excluding hydrogens is 436 g/mol. The van der Waals surface area contributed by atoms with Crippen molar-refractivity contribution in [3.05, 3.63) is 23.3 Å². The van der Waals surface area contributed by atoms with Crippen molar-refractivity contribution in [2.75, 3.05) is 14.1 Å². The van der Waals surface area contributed by atoms with Gasteiger partial charge in [0.25, 0.3) is 0 Å². The summed E-state index contributed by atoms with van der Waals surface area (Å²) in [6, 6.07) is 0.465. The van der Waals surface area contributed by atoms with Gasteiger partial charge < -0.3 is 15.0 Å². The first kappa shape index (κ1) is 26.4. The van der Waals surface area contributed by atoms with Gasteiger partial charge in [0.15, 0.2) is 0 Å². The van der Waals surface area contributed by atoms with Crippen molar-refractivity contribution in [2.24, 2.45) is 34.5 Å². The second-order valence-electron chi connectivity index (χ2n) is 13.1. The standard InChI is InChI=1S/C30H48N2O3/c1-18(2)15-28(34)31-26-16-21-9-10-22-24-12-11-23(19(3)32(7)8)29(24,5)14-13-25(22)30(21,6)17-27(26)35-20(4)33/h12,15,19,21-23,25-27H,9-11,13-14,16-17H2,1-8H3,(H,31,34)/t19-,21-,22-,23+,25-,26+,27-,29+,30-/m0/s1. The summed E-state index contributed by atoms with van der Waals surface area (Å²) in [5.41, 5.74) is 3.15. The fraction of sp³-hybridized carbons (Fsp3) is 0.800. The fourth-order valence-electron chi connectivity index (χ4n) is 8.70. The van der Waals surface area contributed by atoms with Gasteiger partial charge in [-0.2, -0.15) is 0 Å². The molecule has 0 aromatic carbocycles. The third-order valence-corrected chi connectivity index (χ3v) is 10.6. The number of carbonyl (C=O) groups is 2. The number of amides is 1. The lowest BCUT2D eigenvalue weighted by molar-refractivity contribution is -0.162. The number of carbonyl (C=O) groups excluding carboxylic acids is 2. The number of allylic oxidation sites excluding steroid dienone is 3. The highest BCUT2D eigenvalue weighted by atomic mass is 16.5. The number of ether oxygens (including phenoxy) is 1. The van der Waals surface area contributed by atoms with Gasteiger partial charge in [0, 0.05) is 19.0 Å². The summed E-state index contributed by atoms with van der Waals surface area (Å²) >= 11 is 0. The van der Waals surface area contributed by atoms with Gasteiger partial charge in [-0.1, -0.05) is 31.1 Å². The third-order valence-electron chi connectivity index (χ3n) is 10.6. The average Bonchev–Trinajstić information content (AvgIpc) is 3.09. The number of rotatable bonds is 5. The quantitative estimate of drug-likeness (QED) is 0.318. The molecule has 4 aliphatic rings. The number of hydrogen-bond acceptors (Lipinski definition) is 4. The van der Waals surface area contributed by atoms with Crippen LogP contribution in [-0.2, 0) is 14.3 Å². The van der Waals surface area contributed by atoms with E-state index in [0.29, 0.717) is 35.1 Å². The zero-order valence-electron chi connectivity index (χ0n) is 23.3. The molecule has 4 aliphatic carbocycles. The number of nitrogens with one attached hydrogen (secondary N) is 1. The van der Waals surface area contributed by atoms with Crippen LogP contribution >= 0.6 is 0 Å². The largest absolute Gasteiger partial charge is 0.460 e. The molecule has 0 aromatic heterocycles. The van der Waals surface area contributed by atoms with Crippen molar-refractivity contribution in [3.8, 4) is 0 Å². The minimum absolute atomic E-state index is 0.0740. The van der Waals surface area contributed by atoms with E-state index in [2.05, 4.69) is 51.2 Å². The molecule has 3 fully saturated rings. The third kappa shape index (κ3) is 4.74. The maximum absolute atomic E-state index is 12.6. The van der Waals surface area contributed by atoms with Crippen LogP contribution in [0.25, 0.3) is 0 Å². The van der Waals surface area contributed by atoms with E-state index in [1.807, 2.05) is 13.8 Å². The molecule has 0 heterocycles. The highest BCUT2D eigenvalue weighted by Crippen LogP contribution is 2.66. The first-order valence-electron chi connectivity index (χ1n) is 13.9. The lowest BCUT2D eigenvalue weighted by Gasteiger charge is -2.61. The Labute approximate surface area is 213 Å². The highest BCUT2D eigenvalue weighted by molar-refractivity contribution is 5.88. The Kier molecular flexibility index (Phi) is 7.32. The molecule has 1 amide bonds. The molecule has 0 radical (unpaired) electrons. The molecule has 0 aliphatic heterocycles. The van der Waals surface area contributed by atoms with Crippen molar-refractivity contribution in [2.45, 2.75) is 105 Å². The molecule has 5 nitrogen and oxygen atoms in total. The van der Waals surface area contributed by atoms with Crippen LogP contribution in [0.4, 0.5) is 0 Å². The Morgan fingerprint density at radius 3 is 2.51 bits per heavy atom. The van der Waals surface area contributed by atoms with E-state index in [-0.39, 0.29) is 29.4 Å². The van der Waals surface area contributed by atoms with Crippen molar-refractivity contribution in [1.29, 1.82) is 0 Å². The van der Waals surface area contributed by atoms with E-state index in [1.165, 1.54) is 39.0 Å². The van der Waals surface area contributed by atoms with Crippen molar-refractivity contribution in [3.63, 3.8) is 0 Å². The smallest absolute Gasteiger partial charge is 0.302 e. The van der Waals surface area contributed by atoms with Gasteiger partial charge in [-0.3, -0.25) is 9.59 Å². The molecular formula is C30H48N2O3. The molecule has 3 saturated carbocycles. The van der Waals surface area contributed by atoms with E-state index >= 15 is 0 Å². The van der Waals surface area contributed by atoms with Crippen molar-refractivity contribution in [1.82, 2.24) is 10.2 Å². The molecule has 0 saturated heterocycles. The minimum Gasteiger partial charge on any atom is -0.460 e. The van der Waals surface area contributed by atoms with Crippen LogP contribution in [0.1, 0.15) is 86.5 Å². The van der Waals surface area contributed by atoms with E-state index in [9.17, 15) is 9.59 Å². The maximum atomic E-state index is 12.6. The van der Waals surface area contributed by atoms with Gasteiger partial charge in [0.1, 0.15) is 6.10 Å². The predicted molar refractivity (Wildman–Crippen MR) is 141 cm³/mol. The first-order chi connectivity index (χ1) is 16.4. The predicted octanol–water partition coefficient (Wildman–Crippen LogP) is 5.51. The molecule has 0 bridgehead atoms. The molecule has 196 valence electrons. The second kappa shape index (κ2) is 9.68. The summed E-state index contributed by atoms with van der Waals surface area (Å²) in [4.78, 5) is 27.0. The summed E-state index contributed by atoms with van der Waals surface area (Å²) in [5.74, 6) is 2.19. The number of nitrogens with zero attached hydrogens (tertiary/aromatic N) is 1. The fourth-order valence-corrected chi connectivity index (χ4v) is 8.70. The molecule has 1 N–H and O–H groups in total. The van der Waals surface area contributed by atoms with Gasteiger partial charge in [-0.15, -0.1) is 0 Å². The van der Waals surface area contributed by atoms with Crippen LogP contribution in [-0.4, -0.2) is 49.1 Å². The van der Waals surface area contributed by atoms with Gasteiger partial charge in [0.05, 0.1) is 6.04 Å². The maximum Gasteiger partial charge on any atom is 0.302 e. The SMILES string of the molecule is CC(=O)O[C@H]1C[C@@]2(C)[C@@H](CC[C@H]3C4=CC[C@H]([C@H](C)N(C)C)[C@@]4(C)CC[C@@H]32)C[C@H]1NC(=O)C=C(C)C. The van der Waals surface area contributed by atoms with E-state index < -0.39 is 0 Å². The van der Waals surface area contributed by atoms with Crippen LogP contribution in [0.3, 0.4) is 0 Å². The Bertz CT molecular complexity index is 903. The minimum atomic E-state index is -0.255. The molecule has 0 unspecified atom stereocenters. The van der Waals surface area contributed by atoms with Gasteiger partial charge in [0.2, 0.25) is 5.91 Å². The Morgan fingerprint density at radius 1 is 1.17 bits per heavy atom. The summed E-state index contributed by atoms with van der Waals surface area (Å²) < 4.78 is 5.89. The van der Waals surface area contributed by atoms with Crippen LogP contribution in [0.15, 0.2) is 23.3 Å². The zero-order valence-corrected chi connectivity index (χ0v) is 23.3. The lowest BCUT2D eigenvalue weighted by Crippen LogP contribution is -2.59. The van der Waals surface area contributed by atoms with Crippen molar-refractivity contribution >= 4 is 11.9 Å². The summed E-state index contributed by atoms with van der Waals surface area (Å²) in [6.07, 6.45) is 11.9. The topological polar surface area (TPSA) is 58.6 Å². The van der Waals surface area contributed by atoms with Crippen molar-refractivity contribution < 1.29 is 14.3 Å². The molecule has 0 aromatic rings. The number of esters is 1. The molecule has 0 spiro atoms. The van der Waals surface area contributed by atoms with E-state index in [1.54, 1.807) is 11.6 Å². The van der Waals surface area contributed by atoms with E-state index in [0.717, 1.165) is 18.4 Å². The average molecular weight is 485 g/mol. The molecule has 35 heavy (non-hydrogen) atoms. The van der Waals surface area contributed by atoms with Gasteiger partial charge >= 0.3 is 5.97 Å². The van der Waals surface area contributed by atoms with Crippen LogP contribution in [0, 0.1) is 34.5 Å². The van der Waals surface area contributed by atoms with Gasteiger partial charge in [-0.05, 0) is 114 Å². The normalized spacial score (nSPS) is 41.1. The Balaban J connectivity index is 1.57. The summed E-state index contributed by atoms with van der Waals surface area (Å²) in [5, 5.41) is 3.19. The lowest BCUT2D eigenvalue weighted by atomic mass is 9.45. The van der Waals surface area contributed by atoms with Crippen LogP contribution < -0.4 is 5.32 Å². The molecule has 9 atom stereocenters. The number of fused-ring (bicyclic) bond motifs is 5. The number of hydrogen-bond donors (Lipinski definition) is 1. The molecule has 4 rings (SSSR count). The monoisotopic (exact) mass is 484 g/mol. The first-order valence-corrected chi connectivity index (χ1v) is 13.9. The summed E-state index contributed by atoms with van der Waals surface area (Å²) in [7, 11) is 4.43. The zero-order chi connectivity index (χ0) is 25.7.